The Hall–Kier alpha value is -3.68. The third-order valence-corrected chi connectivity index (χ3v) is 3.94. The molecule has 2 aromatic rings. The third-order valence-electron chi connectivity index (χ3n) is 3.94. The average molecular weight is 397 g/mol. The summed E-state index contributed by atoms with van der Waals surface area (Å²) in [4.78, 5) is 47.3. The molecule has 8 heteroatoms. The van der Waals surface area contributed by atoms with E-state index in [0.29, 0.717) is 22.5 Å². The zero-order chi connectivity index (χ0) is 21.4. The van der Waals surface area contributed by atoms with Crippen molar-refractivity contribution in [2.24, 2.45) is 5.92 Å². The molecule has 0 fully saturated rings. The molecular weight excluding hydrogens is 374 g/mol. The van der Waals surface area contributed by atoms with Gasteiger partial charge >= 0.3 is 5.97 Å². The number of methoxy groups -OCH3 is 1. The van der Waals surface area contributed by atoms with Crippen LogP contribution in [0, 0.1) is 5.92 Å². The summed E-state index contributed by atoms with van der Waals surface area (Å²) in [7, 11) is 1.23. The summed E-state index contributed by atoms with van der Waals surface area (Å²) < 4.78 is 4.47. The number of benzene rings is 2. The Morgan fingerprint density at radius 1 is 0.862 bits per heavy atom. The van der Waals surface area contributed by atoms with Gasteiger partial charge in [0.25, 0.3) is 11.8 Å². The minimum atomic E-state index is -0.559. The van der Waals surface area contributed by atoms with Gasteiger partial charge in [-0.05, 0) is 42.5 Å². The molecule has 0 radical (unpaired) electrons. The van der Waals surface area contributed by atoms with Crippen LogP contribution in [-0.2, 0) is 14.3 Å². The van der Waals surface area contributed by atoms with E-state index < -0.39 is 11.9 Å². The lowest BCUT2D eigenvalue weighted by Crippen LogP contribution is -2.30. The summed E-state index contributed by atoms with van der Waals surface area (Å²) >= 11 is 0. The predicted octanol–water partition coefficient (Wildman–Crippen LogP) is 2.44. The number of ether oxygens (including phenoxy) is 1. The Bertz CT molecular complexity index is 907. The molecule has 29 heavy (non-hydrogen) atoms. The quantitative estimate of drug-likeness (QED) is 0.621. The normalized spacial score (nSPS) is 10.2. The molecule has 152 valence electrons. The van der Waals surface area contributed by atoms with Crippen LogP contribution < -0.4 is 16.0 Å². The first kappa shape index (κ1) is 21.6. The number of hydrogen-bond donors (Lipinski definition) is 3. The summed E-state index contributed by atoms with van der Waals surface area (Å²) in [6.07, 6.45) is 0. The van der Waals surface area contributed by atoms with Gasteiger partial charge in [0.15, 0.2) is 0 Å². The monoisotopic (exact) mass is 397 g/mol. The van der Waals surface area contributed by atoms with Crippen molar-refractivity contribution >= 4 is 35.1 Å². The van der Waals surface area contributed by atoms with Crippen LogP contribution in [0.2, 0.25) is 0 Å². The van der Waals surface area contributed by atoms with E-state index in [1.165, 1.54) is 13.2 Å². The summed E-state index contributed by atoms with van der Waals surface area (Å²) in [6.45, 7) is 3.34. The number of anilines is 2. The van der Waals surface area contributed by atoms with Crippen molar-refractivity contribution in [3.63, 3.8) is 0 Å². The van der Waals surface area contributed by atoms with Gasteiger partial charge in [0.2, 0.25) is 5.91 Å². The molecule has 8 nitrogen and oxygen atoms in total. The fourth-order valence-corrected chi connectivity index (χ4v) is 2.26. The number of amides is 3. The Morgan fingerprint density at radius 3 is 2.17 bits per heavy atom. The second kappa shape index (κ2) is 10.0. The number of nitrogens with one attached hydrogen (secondary N) is 3. The van der Waals surface area contributed by atoms with Gasteiger partial charge in [0, 0.05) is 28.4 Å². The van der Waals surface area contributed by atoms with Crippen LogP contribution in [0.1, 0.15) is 34.6 Å². The largest absolute Gasteiger partial charge is 0.468 e. The maximum Gasteiger partial charge on any atom is 0.325 e. The van der Waals surface area contributed by atoms with Gasteiger partial charge < -0.3 is 20.7 Å². The Morgan fingerprint density at radius 2 is 1.55 bits per heavy atom. The lowest BCUT2D eigenvalue weighted by atomic mass is 10.1. The minimum absolute atomic E-state index is 0.107. The maximum absolute atomic E-state index is 12.4. The van der Waals surface area contributed by atoms with Crippen molar-refractivity contribution in [3.8, 4) is 0 Å². The fraction of sp³-hybridized carbons (Fsp3) is 0.238. The standard InChI is InChI=1S/C21H23N3O5/c1-13(2)19(26)23-16-9-7-14(8-10-16)21(28)24-17-6-4-5-15(11-17)20(27)22-12-18(25)29-3/h4-11,13H,12H2,1-3H3,(H,22,27)(H,23,26)(H,24,28). The average Bonchev–Trinajstić information content (AvgIpc) is 2.72. The summed E-state index contributed by atoms with van der Waals surface area (Å²) in [5, 5.41) is 7.89. The van der Waals surface area contributed by atoms with E-state index >= 15 is 0 Å². The molecule has 0 aromatic heterocycles. The maximum atomic E-state index is 12.4. The van der Waals surface area contributed by atoms with Gasteiger partial charge in [-0.15, -0.1) is 0 Å². The second-order valence-corrected chi connectivity index (χ2v) is 6.52. The van der Waals surface area contributed by atoms with Crippen LogP contribution in [0.5, 0.6) is 0 Å². The Kier molecular flexibility index (Phi) is 7.47. The molecule has 0 aliphatic carbocycles. The van der Waals surface area contributed by atoms with Crippen LogP contribution in [0.4, 0.5) is 11.4 Å². The van der Waals surface area contributed by atoms with Crippen LogP contribution in [0.3, 0.4) is 0 Å². The van der Waals surface area contributed by atoms with Crippen molar-refractivity contribution in [3.05, 3.63) is 59.7 Å². The molecule has 3 amide bonds. The highest BCUT2D eigenvalue weighted by Gasteiger charge is 2.12. The molecule has 3 N–H and O–H groups in total. The molecular formula is C21H23N3O5. The van der Waals surface area contributed by atoms with Crippen LogP contribution >= 0.6 is 0 Å². The highest BCUT2D eigenvalue weighted by molar-refractivity contribution is 6.05. The zero-order valence-corrected chi connectivity index (χ0v) is 16.4. The van der Waals surface area contributed by atoms with Crippen LogP contribution in [-0.4, -0.2) is 37.3 Å². The minimum Gasteiger partial charge on any atom is -0.468 e. The van der Waals surface area contributed by atoms with Crippen LogP contribution in [0.15, 0.2) is 48.5 Å². The van der Waals surface area contributed by atoms with Gasteiger partial charge in [-0.1, -0.05) is 19.9 Å². The zero-order valence-electron chi connectivity index (χ0n) is 16.4. The smallest absolute Gasteiger partial charge is 0.325 e. The molecule has 0 saturated carbocycles. The van der Waals surface area contributed by atoms with E-state index in [1.54, 1.807) is 56.3 Å². The highest BCUT2D eigenvalue weighted by atomic mass is 16.5. The molecule has 0 atom stereocenters. The summed E-state index contributed by atoms with van der Waals surface area (Å²) in [6, 6.07) is 12.8. The van der Waals surface area contributed by atoms with Gasteiger partial charge in [-0.25, -0.2) is 0 Å². The first-order valence-corrected chi connectivity index (χ1v) is 8.97. The number of carbonyl (C=O) groups is 4. The molecule has 0 heterocycles. The van der Waals surface area contributed by atoms with E-state index in [1.807, 2.05) is 0 Å². The van der Waals surface area contributed by atoms with Crippen molar-refractivity contribution in [1.82, 2.24) is 5.32 Å². The van der Waals surface area contributed by atoms with E-state index in [2.05, 4.69) is 20.7 Å². The van der Waals surface area contributed by atoms with Crippen molar-refractivity contribution in [2.75, 3.05) is 24.3 Å². The van der Waals surface area contributed by atoms with Gasteiger partial charge in [-0.2, -0.15) is 0 Å². The topological polar surface area (TPSA) is 114 Å². The Labute approximate surface area is 168 Å². The molecule has 0 aliphatic rings. The number of esters is 1. The molecule has 0 aliphatic heterocycles. The first-order valence-electron chi connectivity index (χ1n) is 8.97. The van der Waals surface area contributed by atoms with Crippen LogP contribution in [0.25, 0.3) is 0 Å². The number of carbonyl (C=O) groups excluding carboxylic acids is 4. The van der Waals surface area contributed by atoms with Crippen molar-refractivity contribution in [1.29, 1.82) is 0 Å². The predicted molar refractivity (Wildman–Crippen MR) is 109 cm³/mol. The van der Waals surface area contributed by atoms with E-state index in [9.17, 15) is 19.2 Å². The van der Waals surface area contributed by atoms with E-state index in [0.717, 1.165) is 0 Å². The highest BCUT2D eigenvalue weighted by Crippen LogP contribution is 2.15. The molecule has 0 spiro atoms. The molecule has 2 aromatic carbocycles. The summed E-state index contributed by atoms with van der Waals surface area (Å²) in [5.41, 5.74) is 1.72. The molecule has 2 rings (SSSR count). The van der Waals surface area contributed by atoms with Gasteiger partial charge in [-0.3, -0.25) is 19.2 Å². The Balaban J connectivity index is 2.01. The summed E-state index contributed by atoms with van der Waals surface area (Å²) in [5.74, 6) is -1.63. The SMILES string of the molecule is COC(=O)CNC(=O)c1cccc(NC(=O)c2ccc(NC(=O)C(C)C)cc2)c1. The molecule has 0 saturated heterocycles. The van der Waals surface area contributed by atoms with Crippen molar-refractivity contribution < 1.29 is 23.9 Å². The van der Waals surface area contributed by atoms with E-state index in [4.69, 9.17) is 0 Å². The van der Waals surface area contributed by atoms with E-state index in [-0.39, 0.29) is 24.3 Å². The lowest BCUT2D eigenvalue weighted by molar-refractivity contribution is -0.139. The number of hydrogen-bond acceptors (Lipinski definition) is 5. The lowest BCUT2D eigenvalue weighted by Gasteiger charge is -2.10. The van der Waals surface area contributed by atoms with Gasteiger partial charge in [0.05, 0.1) is 7.11 Å². The molecule has 0 unspecified atom stereocenters. The first-order chi connectivity index (χ1) is 13.8. The van der Waals surface area contributed by atoms with Gasteiger partial charge in [0.1, 0.15) is 6.54 Å². The third kappa shape index (κ3) is 6.46. The molecule has 0 bridgehead atoms. The fourth-order valence-electron chi connectivity index (χ4n) is 2.26. The van der Waals surface area contributed by atoms with Crippen molar-refractivity contribution in [2.45, 2.75) is 13.8 Å². The second-order valence-electron chi connectivity index (χ2n) is 6.52. The number of rotatable bonds is 7.